The van der Waals surface area contributed by atoms with Gasteiger partial charge in [0.25, 0.3) is 5.24 Å². The van der Waals surface area contributed by atoms with Crippen molar-refractivity contribution in [1.29, 1.82) is 0 Å². The Morgan fingerprint density at radius 3 is 2.37 bits per heavy atom. The summed E-state index contributed by atoms with van der Waals surface area (Å²) in [7, 11) is 0. The van der Waals surface area contributed by atoms with Crippen LogP contribution >= 0.6 is 11.8 Å². The molecular weight excluding hydrogens is 358 g/mol. The number of hydrogen-bond acceptors (Lipinski definition) is 4. The van der Waals surface area contributed by atoms with Crippen molar-refractivity contribution >= 4 is 33.7 Å². The molecular formula is C22H19NO3S. The summed E-state index contributed by atoms with van der Waals surface area (Å²) in [6, 6.07) is 22.2. The molecule has 1 N–H and O–H groups in total. The lowest BCUT2D eigenvalue weighted by atomic mass is 9.99. The first kappa shape index (κ1) is 17.6. The van der Waals surface area contributed by atoms with Gasteiger partial charge in [-0.2, -0.15) is 0 Å². The highest BCUT2D eigenvalue weighted by molar-refractivity contribution is 8.15. The van der Waals surface area contributed by atoms with Gasteiger partial charge in [-0.25, -0.2) is 0 Å². The maximum absolute atomic E-state index is 11.9. The summed E-state index contributed by atoms with van der Waals surface area (Å²) in [4.78, 5) is 23.3. The number of hydrogen-bond donors (Lipinski definition) is 1. The largest absolute Gasteiger partial charge is 0.493 e. The quantitative estimate of drug-likeness (QED) is 0.694. The van der Waals surface area contributed by atoms with E-state index in [9.17, 15) is 9.59 Å². The number of rotatable bonds is 6. The van der Waals surface area contributed by atoms with Crippen LogP contribution < -0.4 is 10.1 Å². The molecule has 0 spiro atoms. The molecule has 1 unspecified atom stereocenters. The standard InChI is InChI=1S/C22H19NO3S/c24-21-20(27-22(25)23-21)14-16-10-11-19(18-9-5-4-8-17(16)18)26-13-12-15-6-2-1-3-7-15/h1-11,20H,12-14H2,(H,23,24,25). The average Bonchev–Trinajstić information content (AvgIpc) is 3.01. The van der Waals surface area contributed by atoms with Crippen LogP contribution in [-0.2, 0) is 17.6 Å². The average molecular weight is 377 g/mol. The zero-order valence-electron chi connectivity index (χ0n) is 14.7. The highest BCUT2D eigenvalue weighted by Crippen LogP contribution is 2.32. The van der Waals surface area contributed by atoms with Gasteiger partial charge in [0.1, 0.15) is 5.75 Å². The van der Waals surface area contributed by atoms with E-state index >= 15 is 0 Å². The van der Waals surface area contributed by atoms with E-state index in [4.69, 9.17) is 4.74 Å². The number of nitrogens with one attached hydrogen (secondary N) is 1. The SMILES string of the molecule is O=C1NC(=O)C(Cc2ccc(OCCc3ccccc3)c3ccccc23)S1. The fourth-order valence-electron chi connectivity index (χ4n) is 3.29. The second-order valence-corrected chi connectivity index (χ2v) is 7.62. The topological polar surface area (TPSA) is 55.4 Å². The molecule has 4 nitrogen and oxygen atoms in total. The number of ether oxygens (including phenoxy) is 1. The van der Waals surface area contributed by atoms with Crippen LogP contribution in [0.2, 0.25) is 0 Å². The molecule has 0 bridgehead atoms. The molecule has 2 amide bonds. The summed E-state index contributed by atoms with van der Waals surface area (Å²) in [5.41, 5.74) is 2.29. The molecule has 0 aromatic heterocycles. The Morgan fingerprint density at radius 2 is 1.63 bits per heavy atom. The van der Waals surface area contributed by atoms with Crippen LogP contribution in [0.5, 0.6) is 5.75 Å². The van der Waals surface area contributed by atoms with Crippen molar-refractivity contribution in [3.8, 4) is 5.75 Å². The number of thioether (sulfide) groups is 1. The van der Waals surface area contributed by atoms with Crippen molar-refractivity contribution in [2.75, 3.05) is 6.61 Å². The zero-order chi connectivity index (χ0) is 18.6. The van der Waals surface area contributed by atoms with Crippen molar-refractivity contribution in [3.05, 3.63) is 77.9 Å². The second-order valence-electron chi connectivity index (χ2n) is 6.44. The Morgan fingerprint density at radius 1 is 0.889 bits per heavy atom. The van der Waals surface area contributed by atoms with Crippen LogP contribution in [0.15, 0.2) is 66.7 Å². The van der Waals surface area contributed by atoms with E-state index in [2.05, 4.69) is 17.4 Å². The number of fused-ring (bicyclic) bond motifs is 1. The van der Waals surface area contributed by atoms with Gasteiger partial charge in [-0.05, 0) is 29.0 Å². The van der Waals surface area contributed by atoms with E-state index in [0.717, 1.165) is 40.3 Å². The van der Waals surface area contributed by atoms with Gasteiger partial charge in [-0.3, -0.25) is 14.9 Å². The van der Waals surface area contributed by atoms with E-state index in [-0.39, 0.29) is 16.4 Å². The molecule has 1 saturated heterocycles. The molecule has 4 rings (SSSR count). The van der Waals surface area contributed by atoms with Gasteiger partial charge in [0.05, 0.1) is 11.9 Å². The number of imide groups is 1. The maximum atomic E-state index is 11.9. The van der Waals surface area contributed by atoms with Crippen molar-refractivity contribution < 1.29 is 14.3 Å². The Kier molecular flexibility index (Phi) is 5.12. The fraction of sp³-hybridized carbons (Fsp3) is 0.182. The first-order valence-electron chi connectivity index (χ1n) is 8.89. The summed E-state index contributed by atoms with van der Waals surface area (Å²) < 4.78 is 6.05. The van der Waals surface area contributed by atoms with Gasteiger partial charge in [0.2, 0.25) is 5.91 Å². The molecule has 0 saturated carbocycles. The third-order valence-electron chi connectivity index (χ3n) is 4.64. The predicted molar refractivity (Wildman–Crippen MR) is 108 cm³/mol. The molecule has 136 valence electrons. The van der Waals surface area contributed by atoms with E-state index in [1.165, 1.54) is 5.56 Å². The van der Waals surface area contributed by atoms with Gasteiger partial charge in [0, 0.05) is 11.8 Å². The van der Waals surface area contributed by atoms with E-state index < -0.39 is 0 Å². The first-order chi connectivity index (χ1) is 13.2. The van der Waals surface area contributed by atoms with E-state index in [1.807, 2.05) is 54.6 Å². The van der Waals surface area contributed by atoms with Crippen LogP contribution in [0.1, 0.15) is 11.1 Å². The maximum Gasteiger partial charge on any atom is 0.286 e. The van der Waals surface area contributed by atoms with Crippen molar-refractivity contribution in [2.45, 2.75) is 18.1 Å². The summed E-state index contributed by atoms with van der Waals surface area (Å²) in [6.07, 6.45) is 1.37. The van der Waals surface area contributed by atoms with Crippen LogP contribution in [0.4, 0.5) is 4.79 Å². The molecule has 1 aliphatic rings. The smallest absolute Gasteiger partial charge is 0.286 e. The first-order valence-corrected chi connectivity index (χ1v) is 9.77. The Bertz CT molecular complexity index is 987. The molecule has 27 heavy (non-hydrogen) atoms. The predicted octanol–water partition coefficient (Wildman–Crippen LogP) is 4.36. The molecule has 1 fully saturated rings. The lowest BCUT2D eigenvalue weighted by Crippen LogP contribution is -2.25. The number of benzene rings is 3. The molecule has 0 radical (unpaired) electrons. The molecule has 0 aliphatic carbocycles. The molecule has 1 heterocycles. The van der Waals surface area contributed by atoms with E-state index in [0.29, 0.717) is 13.0 Å². The van der Waals surface area contributed by atoms with Gasteiger partial charge >= 0.3 is 0 Å². The highest BCUT2D eigenvalue weighted by Gasteiger charge is 2.31. The van der Waals surface area contributed by atoms with Crippen LogP contribution in [-0.4, -0.2) is 23.0 Å². The number of amides is 2. The Balaban J connectivity index is 1.53. The van der Waals surface area contributed by atoms with E-state index in [1.54, 1.807) is 0 Å². The molecule has 3 aromatic rings. The summed E-state index contributed by atoms with van der Waals surface area (Å²) >= 11 is 1.06. The fourth-order valence-corrected chi connectivity index (χ4v) is 4.14. The van der Waals surface area contributed by atoms with Crippen molar-refractivity contribution in [3.63, 3.8) is 0 Å². The van der Waals surface area contributed by atoms with Gasteiger partial charge < -0.3 is 4.74 Å². The summed E-state index contributed by atoms with van der Waals surface area (Å²) in [5, 5.41) is 3.80. The lowest BCUT2D eigenvalue weighted by molar-refractivity contribution is -0.118. The van der Waals surface area contributed by atoms with Crippen molar-refractivity contribution in [2.24, 2.45) is 0 Å². The minimum absolute atomic E-state index is 0.211. The Labute approximate surface area is 161 Å². The molecule has 1 aliphatic heterocycles. The number of carbonyl (C=O) groups excluding carboxylic acids is 2. The lowest BCUT2D eigenvalue weighted by Gasteiger charge is -2.14. The minimum Gasteiger partial charge on any atom is -0.493 e. The highest BCUT2D eigenvalue weighted by atomic mass is 32.2. The van der Waals surface area contributed by atoms with Crippen molar-refractivity contribution in [1.82, 2.24) is 5.32 Å². The summed E-state index contributed by atoms with van der Waals surface area (Å²) in [5.74, 6) is 0.627. The van der Waals surface area contributed by atoms with Gasteiger partial charge in [0.15, 0.2) is 0 Å². The second kappa shape index (κ2) is 7.84. The minimum atomic E-state index is -0.370. The third-order valence-corrected chi connectivity index (χ3v) is 5.62. The van der Waals surface area contributed by atoms with Crippen LogP contribution in [0.3, 0.4) is 0 Å². The van der Waals surface area contributed by atoms with Crippen LogP contribution in [0.25, 0.3) is 10.8 Å². The molecule has 3 aromatic carbocycles. The summed E-state index contributed by atoms with van der Waals surface area (Å²) in [6.45, 7) is 0.600. The molecule has 5 heteroatoms. The third kappa shape index (κ3) is 3.98. The number of carbonyl (C=O) groups is 2. The van der Waals surface area contributed by atoms with Gasteiger partial charge in [-0.15, -0.1) is 0 Å². The monoisotopic (exact) mass is 377 g/mol. The van der Waals surface area contributed by atoms with Crippen LogP contribution in [0, 0.1) is 0 Å². The van der Waals surface area contributed by atoms with Gasteiger partial charge in [-0.1, -0.05) is 72.4 Å². The normalized spacial score (nSPS) is 16.5. The Hall–Kier alpha value is -2.79. The zero-order valence-corrected chi connectivity index (χ0v) is 15.5. The molecule has 1 atom stereocenters.